The Morgan fingerprint density at radius 2 is 1.73 bits per heavy atom. The zero-order chi connectivity index (χ0) is 21.1. The van der Waals surface area contributed by atoms with Crippen molar-refractivity contribution in [2.75, 3.05) is 13.7 Å². The van der Waals surface area contributed by atoms with Gasteiger partial charge in [0.25, 0.3) is 0 Å². The van der Waals surface area contributed by atoms with Crippen molar-refractivity contribution in [3.63, 3.8) is 0 Å². The van der Waals surface area contributed by atoms with Crippen molar-refractivity contribution in [2.45, 2.75) is 31.9 Å². The number of nitrogens with zero attached hydrogens (tertiary/aromatic N) is 3. The number of benzene rings is 2. The summed E-state index contributed by atoms with van der Waals surface area (Å²) in [5.41, 5.74) is 3.27. The van der Waals surface area contributed by atoms with E-state index in [1.165, 1.54) is 5.56 Å². The highest BCUT2D eigenvalue weighted by atomic mass is 16.5. The molecule has 3 aromatic rings. The van der Waals surface area contributed by atoms with Crippen molar-refractivity contribution in [1.82, 2.24) is 9.88 Å². The predicted octanol–water partition coefficient (Wildman–Crippen LogP) is 4.73. The molecule has 1 atom stereocenters. The molecule has 1 unspecified atom stereocenters. The van der Waals surface area contributed by atoms with Gasteiger partial charge in [0, 0.05) is 12.1 Å². The van der Waals surface area contributed by atoms with E-state index < -0.39 is 5.60 Å². The first-order valence-electron chi connectivity index (χ1n) is 10.2. The van der Waals surface area contributed by atoms with Crippen LogP contribution in [0.1, 0.15) is 43.1 Å². The lowest BCUT2D eigenvalue weighted by molar-refractivity contribution is 0.0624. The molecule has 1 aliphatic rings. The molecule has 1 N–H and O–H groups in total. The molecular weight excluding hydrogens is 374 g/mol. The van der Waals surface area contributed by atoms with E-state index in [9.17, 15) is 5.11 Å². The number of hydrogen-bond acceptors (Lipinski definition) is 5. The smallest absolute Gasteiger partial charge is 0.156 e. The van der Waals surface area contributed by atoms with E-state index in [-0.39, 0.29) is 6.04 Å². The molecule has 0 bridgehead atoms. The standard InChI is InChI=1S/C25H27N3O2/c1-25(2,29)15-16-28-23(18-9-5-4-6-10-18)20-11-7-8-12-21(20)27-24(28)22-14-13-19(30-3)17-26-22/h4-14,17,23,29H,15-16H2,1-3H3. The van der Waals surface area contributed by atoms with Crippen molar-refractivity contribution in [1.29, 1.82) is 0 Å². The lowest BCUT2D eigenvalue weighted by Crippen LogP contribution is -2.41. The number of methoxy groups -OCH3 is 1. The van der Waals surface area contributed by atoms with Crippen LogP contribution in [-0.2, 0) is 0 Å². The van der Waals surface area contributed by atoms with Gasteiger partial charge in [0.15, 0.2) is 5.84 Å². The fourth-order valence-electron chi connectivity index (χ4n) is 3.75. The number of hydrogen-bond donors (Lipinski definition) is 1. The molecule has 4 rings (SSSR count). The number of rotatable bonds is 6. The fraction of sp³-hybridized carbons (Fsp3) is 0.280. The maximum atomic E-state index is 10.4. The van der Waals surface area contributed by atoms with Crippen LogP contribution in [0.15, 0.2) is 77.9 Å². The van der Waals surface area contributed by atoms with Gasteiger partial charge in [0.05, 0.1) is 30.6 Å². The van der Waals surface area contributed by atoms with Crippen LogP contribution in [0.5, 0.6) is 5.75 Å². The topological polar surface area (TPSA) is 58.0 Å². The van der Waals surface area contributed by atoms with Crippen LogP contribution in [-0.4, -0.2) is 40.1 Å². The van der Waals surface area contributed by atoms with Crippen molar-refractivity contribution in [3.8, 4) is 5.75 Å². The monoisotopic (exact) mass is 401 g/mol. The second-order valence-electron chi connectivity index (χ2n) is 8.15. The van der Waals surface area contributed by atoms with E-state index in [0.717, 1.165) is 22.8 Å². The lowest BCUT2D eigenvalue weighted by atomic mass is 9.92. The number of aromatic nitrogens is 1. The largest absolute Gasteiger partial charge is 0.495 e. The summed E-state index contributed by atoms with van der Waals surface area (Å²) in [4.78, 5) is 11.8. The van der Waals surface area contributed by atoms with Crippen LogP contribution in [0.25, 0.3) is 0 Å². The van der Waals surface area contributed by atoms with Gasteiger partial charge in [-0.15, -0.1) is 0 Å². The molecule has 0 saturated carbocycles. The summed E-state index contributed by atoms with van der Waals surface area (Å²) in [5.74, 6) is 1.51. The van der Waals surface area contributed by atoms with Gasteiger partial charge in [0.2, 0.25) is 0 Å². The Morgan fingerprint density at radius 3 is 2.40 bits per heavy atom. The second kappa shape index (κ2) is 8.28. The molecule has 0 saturated heterocycles. The molecule has 5 nitrogen and oxygen atoms in total. The minimum Gasteiger partial charge on any atom is -0.495 e. The van der Waals surface area contributed by atoms with Crippen LogP contribution in [0, 0.1) is 0 Å². The number of amidine groups is 1. The third-order valence-corrected chi connectivity index (χ3v) is 5.32. The molecule has 0 fully saturated rings. The maximum Gasteiger partial charge on any atom is 0.156 e. The molecule has 0 radical (unpaired) electrons. The highest BCUT2D eigenvalue weighted by molar-refractivity contribution is 6.00. The molecule has 0 aliphatic carbocycles. The van der Waals surface area contributed by atoms with Crippen LogP contribution >= 0.6 is 0 Å². The van der Waals surface area contributed by atoms with Gasteiger partial charge in [-0.2, -0.15) is 0 Å². The van der Waals surface area contributed by atoms with E-state index in [1.807, 2.05) is 44.2 Å². The summed E-state index contributed by atoms with van der Waals surface area (Å²) in [6, 6.07) is 22.5. The van der Waals surface area contributed by atoms with E-state index in [4.69, 9.17) is 9.73 Å². The van der Waals surface area contributed by atoms with Crippen LogP contribution in [0.4, 0.5) is 5.69 Å². The zero-order valence-corrected chi connectivity index (χ0v) is 17.6. The summed E-state index contributed by atoms with van der Waals surface area (Å²) in [6.45, 7) is 4.32. The van der Waals surface area contributed by atoms with Crippen LogP contribution in [0.3, 0.4) is 0 Å². The summed E-state index contributed by atoms with van der Waals surface area (Å²) in [6.07, 6.45) is 2.32. The Kier molecular flexibility index (Phi) is 5.55. The van der Waals surface area contributed by atoms with Gasteiger partial charge in [-0.1, -0.05) is 48.5 Å². The second-order valence-corrected chi connectivity index (χ2v) is 8.15. The van der Waals surface area contributed by atoms with E-state index in [0.29, 0.717) is 18.7 Å². The normalized spacial score (nSPS) is 16.1. The first-order valence-corrected chi connectivity index (χ1v) is 10.2. The molecular formula is C25H27N3O2. The molecule has 0 spiro atoms. The number of aliphatic hydroxyl groups is 1. The quantitative estimate of drug-likeness (QED) is 0.648. The Balaban J connectivity index is 1.85. The molecule has 154 valence electrons. The molecule has 2 aromatic carbocycles. The Labute approximate surface area is 177 Å². The van der Waals surface area contributed by atoms with Gasteiger partial charge < -0.3 is 14.7 Å². The minimum atomic E-state index is -0.781. The molecule has 1 aromatic heterocycles. The first-order chi connectivity index (χ1) is 14.5. The van der Waals surface area contributed by atoms with E-state index in [2.05, 4.69) is 46.3 Å². The maximum absolute atomic E-state index is 10.4. The molecule has 0 amide bonds. The van der Waals surface area contributed by atoms with Crippen LogP contribution < -0.4 is 4.74 Å². The summed E-state index contributed by atoms with van der Waals surface area (Å²) < 4.78 is 5.27. The summed E-state index contributed by atoms with van der Waals surface area (Å²) >= 11 is 0. The third-order valence-electron chi connectivity index (χ3n) is 5.32. The van der Waals surface area contributed by atoms with Gasteiger partial charge in [-0.05, 0) is 44.0 Å². The minimum absolute atomic E-state index is 0.0128. The number of pyridine rings is 1. The van der Waals surface area contributed by atoms with Crippen molar-refractivity contribution in [3.05, 3.63) is 89.7 Å². The number of para-hydroxylation sites is 1. The van der Waals surface area contributed by atoms with E-state index in [1.54, 1.807) is 13.3 Å². The average molecular weight is 402 g/mol. The van der Waals surface area contributed by atoms with Crippen LogP contribution in [0.2, 0.25) is 0 Å². The van der Waals surface area contributed by atoms with Crippen molar-refractivity contribution >= 4 is 11.5 Å². The Morgan fingerprint density at radius 1 is 1.00 bits per heavy atom. The van der Waals surface area contributed by atoms with E-state index >= 15 is 0 Å². The highest BCUT2D eigenvalue weighted by Crippen LogP contribution is 2.40. The van der Waals surface area contributed by atoms with Gasteiger partial charge in [0.1, 0.15) is 11.4 Å². The zero-order valence-electron chi connectivity index (χ0n) is 17.6. The van der Waals surface area contributed by atoms with Gasteiger partial charge >= 0.3 is 0 Å². The first kappa shape index (κ1) is 20.1. The molecule has 5 heteroatoms. The number of ether oxygens (including phenoxy) is 1. The third kappa shape index (κ3) is 4.21. The molecule has 30 heavy (non-hydrogen) atoms. The Bertz CT molecular complexity index is 1020. The Hall–Kier alpha value is -3.18. The average Bonchev–Trinajstić information content (AvgIpc) is 2.77. The lowest BCUT2D eigenvalue weighted by Gasteiger charge is -2.39. The molecule has 2 heterocycles. The number of aliphatic imine (C=N–C) groups is 1. The van der Waals surface area contributed by atoms with Gasteiger partial charge in [-0.25, -0.2) is 9.98 Å². The predicted molar refractivity (Wildman–Crippen MR) is 119 cm³/mol. The number of fused-ring (bicyclic) bond motifs is 1. The molecule has 1 aliphatic heterocycles. The summed E-state index contributed by atoms with van der Waals surface area (Å²) in [5, 5.41) is 10.4. The van der Waals surface area contributed by atoms with Crippen molar-refractivity contribution in [2.24, 2.45) is 4.99 Å². The summed E-state index contributed by atoms with van der Waals surface area (Å²) in [7, 11) is 1.63. The van der Waals surface area contributed by atoms with Gasteiger partial charge in [-0.3, -0.25) is 0 Å². The van der Waals surface area contributed by atoms with Crippen molar-refractivity contribution < 1.29 is 9.84 Å². The fourth-order valence-corrected chi connectivity index (χ4v) is 3.75. The SMILES string of the molecule is COc1ccc(C2=Nc3ccccc3C(c3ccccc3)N2CCC(C)(C)O)nc1. The highest BCUT2D eigenvalue weighted by Gasteiger charge is 2.33.